The molecule has 6 nitrogen and oxygen atoms in total. The number of amides is 1. The summed E-state index contributed by atoms with van der Waals surface area (Å²) in [6, 6.07) is 7.90. The average molecular weight is 314 g/mol. The fraction of sp³-hybridized carbons (Fsp3) is 0.471. The van der Waals surface area contributed by atoms with Crippen molar-refractivity contribution in [3.63, 3.8) is 0 Å². The number of benzene rings is 1. The Morgan fingerprint density at radius 1 is 1.39 bits per heavy atom. The molecule has 1 aromatic heterocycles. The molecule has 1 atom stereocenters. The summed E-state index contributed by atoms with van der Waals surface area (Å²) in [4.78, 5) is 16.0. The largest absolute Gasteiger partial charge is 0.419 e. The molecule has 1 aliphatic heterocycles. The number of hydrogen-bond acceptors (Lipinski definition) is 5. The van der Waals surface area contributed by atoms with Gasteiger partial charge in [-0.2, -0.15) is 0 Å². The SMILES string of the molecule is Cc1cccc(-c2nnc(CN3CCC[C@H]3C(=O)N(C)C)o2)c1. The van der Waals surface area contributed by atoms with Gasteiger partial charge in [-0.3, -0.25) is 9.69 Å². The van der Waals surface area contributed by atoms with Crippen LogP contribution in [0, 0.1) is 6.92 Å². The first-order valence-electron chi connectivity index (χ1n) is 7.89. The maximum absolute atomic E-state index is 12.2. The van der Waals surface area contributed by atoms with E-state index in [2.05, 4.69) is 15.1 Å². The number of rotatable bonds is 4. The van der Waals surface area contributed by atoms with E-state index in [1.54, 1.807) is 19.0 Å². The summed E-state index contributed by atoms with van der Waals surface area (Å²) in [5.41, 5.74) is 2.07. The van der Waals surface area contributed by atoms with Gasteiger partial charge in [0, 0.05) is 19.7 Å². The van der Waals surface area contributed by atoms with Gasteiger partial charge in [0.15, 0.2) is 0 Å². The molecule has 1 amide bonds. The third-order valence-corrected chi connectivity index (χ3v) is 4.16. The quantitative estimate of drug-likeness (QED) is 0.865. The molecule has 122 valence electrons. The molecule has 3 rings (SSSR count). The molecule has 1 aliphatic rings. The minimum atomic E-state index is -0.0840. The number of likely N-dealkylation sites (tertiary alicyclic amines) is 1. The lowest BCUT2D eigenvalue weighted by molar-refractivity contribution is -0.133. The summed E-state index contributed by atoms with van der Waals surface area (Å²) in [5, 5.41) is 8.28. The first-order chi connectivity index (χ1) is 11.0. The Balaban J connectivity index is 1.73. The molecule has 1 fully saturated rings. The third-order valence-electron chi connectivity index (χ3n) is 4.16. The molecule has 0 saturated carbocycles. The average Bonchev–Trinajstić information content (AvgIpc) is 3.16. The van der Waals surface area contributed by atoms with Crippen LogP contribution in [0.3, 0.4) is 0 Å². The highest BCUT2D eigenvalue weighted by Gasteiger charge is 2.32. The van der Waals surface area contributed by atoms with Crippen molar-refractivity contribution in [3.05, 3.63) is 35.7 Å². The standard InChI is InChI=1S/C17H22N4O2/c1-12-6-4-7-13(10-12)16-19-18-15(23-16)11-21-9-5-8-14(21)17(22)20(2)3/h4,6-7,10,14H,5,8-9,11H2,1-3H3/t14-/m0/s1. The van der Waals surface area contributed by atoms with Crippen molar-refractivity contribution in [2.75, 3.05) is 20.6 Å². The van der Waals surface area contributed by atoms with E-state index in [4.69, 9.17) is 4.42 Å². The molecule has 6 heteroatoms. The van der Waals surface area contributed by atoms with E-state index < -0.39 is 0 Å². The number of likely N-dealkylation sites (N-methyl/N-ethyl adjacent to an activating group) is 1. The van der Waals surface area contributed by atoms with Crippen molar-refractivity contribution in [2.45, 2.75) is 32.4 Å². The van der Waals surface area contributed by atoms with Crippen LogP contribution in [-0.4, -0.2) is 52.6 Å². The highest BCUT2D eigenvalue weighted by molar-refractivity contribution is 5.81. The van der Waals surface area contributed by atoms with E-state index in [-0.39, 0.29) is 11.9 Å². The van der Waals surface area contributed by atoms with E-state index in [1.807, 2.05) is 31.2 Å². The van der Waals surface area contributed by atoms with Gasteiger partial charge in [-0.1, -0.05) is 17.7 Å². The summed E-state index contributed by atoms with van der Waals surface area (Å²) in [6.07, 6.45) is 1.90. The third kappa shape index (κ3) is 3.42. The normalized spacial score (nSPS) is 18.3. The lowest BCUT2D eigenvalue weighted by Crippen LogP contribution is -2.42. The van der Waals surface area contributed by atoms with Crippen LogP contribution >= 0.6 is 0 Å². The fourth-order valence-electron chi connectivity index (χ4n) is 2.98. The molecule has 0 N–H and O–H groups in total. The van der Waals surface area contributed by atoms with E-state index in [0.717, 1.165) is 30.5 Å². The Hall–Kier alpha value is -2.21. The molecule has 0 radical (unpaired) electrons. The second-order valence-electron chi connectivity index (χ2n) is 6.23. The number of aryl methyl sites for hydroxylation is 1. The van der Waals surface area contributed by atoms with Gasteiger partial charge in [-0.05, 0) is 38.4 Å². The zero-order valence-corrected chi connectivity index (χ0v) is 13.8. The van der Waals surface area contributed by atoms with Crippen molar-refractivity contribution >= 4 is 5.91 Å². The Labute approximate surface area is 136 Å². The van der Waals surface area contributed by atoms with Crippen LogP contribution in [0.15, 0.2) is 28.7 Å². The zero-order chi connectivity index (χ0) is 16.4. The van der Waals surface area contributed by atoms with Crippen molar-refractivity contribution < 1.29 is 9.21 Å². The number of nitrogens with zero attached hydrogens (tertiary/aromatic N) is 4. The number of hydrogen-bond donors (Lipinski definition) is 0. The monoisotopic (exact) mass is 314 g/mol. The van der Waals surface area contributed by atoms with Crippen LogP contribution in [0.5, 0.6) is 0 Å². The van der Waals surface area contributed by atoms with Crippen molar-refractivity contribution in [1.29, 1.82) is 0 Å². The molecule has 2 heterocycles. The van der Waals surface area contributed by atoms with Crippen LogP contribution in [0.2, 0.25) is 0 Å². The summed E-state index contributed by atoms with van der Waals surface area (Å²) < 4.78 is 5.79. The maximum Gasteiger partial charge on any atom is 0.247 e. The molecule has 0 bridgehead atoms. The van der Waals surface area contributed by atoms with Crippen LogP contribution < -0.4 is 0 Å². The molecule has 2 aromatic rings. The minimum Gasteiger partial charge on any atom is -0.419 e. The molecular formula is C17H22N4O2. The van der Waals surface area contributed by atoms with E-state index in [1.165, 1.54) is 0 Å². The highest BCUT2D eigenvalue weighted by Crippen LogP contribution is 2.23. The van der Waals surface area contributed by atoms with Crippen molar-refractivity contribution in [3.8, 4) is 11.5 Å². The first kappa shape index (κ1) is 15.7. The maximum atomic E-state index is 12.2. The molecule has 1 aromatic carbocycles. The number of carbonyl (C=O) groups excluding carboxylic acids is 1. The van der Waals surface area contributed by atoms with Crippen LogP contribution in [0.1, 0.15) is 24.3 Å². The first-order valence-corrected chi connectivity index (χ1v) is 7.89. The van der Waals surface area contributed by atoms with Crippen molar-refractivity contribution in [2.24, 2.45) is 0 Å². The van der Waals surface area contributed by atoms with Gasteiger partial charge in [-0.15, -0.1) is 10.2 Å². The topological polar surface area (TPSA) is 62.5 Å². The molecule has 0 unspecified atom stereocenters. The Kier molecular flexibility index (Phi) is 4.43. The van der Waals surface area contributed by atoms with Gasteiger partial charge in [0.05, 0.1) is 12.6 Å². The van der Waals surface area contributed by atoms with Gasteiger partial charge in [0.2, 0.25) is 17.7 Å². The highest BCUT2D eigenvalue weighted by atomic mass is 16.4. The second kappa shape index (κ2) is 6.50. The van der Waals surface area contributed by atoms with Crippen LogP contribution in [-0.2, 0) is 11.3 Å². The van der Waals surface area contributed by atoms with E-state index in [0.29, 0.717) is 18.3 Å². The number of aromatic nitrogens is 2. The Bertz CT molecular complexity index is 695. The lowest BCUT2D eigenvalue weighted by Gasteiger charge is -2.24. The van der Waals surface area contributed by atoms with Gasteiger partial charge in [-0.25, -0.2) is 0 Å². The Morgan fingerprint density at radius 2 is 2.22 bits per heavy atom. The van der Waals surface area contributed by atoms with Gasteiger partial charge in [0.25, 0.3) is 0 Å². The van der Waals surface area contributed by atoms with E-state index >= 15 is 0 Å². The molecular weight excluding hydrogens is 292 g/mol. The van der Waals surface area contributed by atoms with Crippen LogP contribution in [0.4, 0.5) is 0 Å². The van der Waals surface area contributed by atoms with E-state index in [9.17, 15) is 4.79 Å². The summed E-state index contributed by atoms with van der Waals surface area (Å²) >= 11 is 0. The zero-order valence-electron chi connectivity index (χ0n) is 13.8. The predicted octanol–water partition coefficient (Wildman–Crippen LogP) is 2.10. The number of carbonyl (C=O) groups is 1. The molecule has 0 spiro atoms. The smallest absolute Gasteiger partial charge is 0.247 e. The van der Waals surface area contributed by atoms with Crippen molar-refractivity contribution in [1.82, 2.24) is 20.0 Å². The molecule has 0 aliphatic carbocycles. The second-order valence-corrected chi connectivity index (χ2v) is 6.23. The van der Waals surface area contributed by atoms with Gasteiger partial charge < -0.3 is 9.32 Å². The van der Waals surface area contributed by atoms with Gasteiger partial charge in [0.1, 0.15) is 0 Å². The predicted molar refractivity (Wildman–Crippen MR) is 86.6 cm³/mol. The Morgan fingerprint density at radius 3 is 2.96 bits per heavy atom. The van der Waals surface area contributed by atoms with Gasteiger partial charge >= 0.3 is 0 Å². The minimum absolute atomic E-state index is 0.0840. The fourth-order valence-corrected chi connectivity index (χ4v) is 2.98. The summed E-state index contributed by atoms with van der Waals surface area (Å²) in [5.74, 6) is 1.22. The summed E-state index contributed by atoms with van der Waals surface area (Å²) in [6.45, 7) is 3.43. The van der Waals surface area contributed by atoms with Crippen LogP contribution in [0.25, 0.3) is 11.5 Å². The summed E-state index contributed by atoms with van der Waals surface area (Å²) in [7, 11) is 3.59. The molecule has 1 saturated heterocycles. The lowest BCUT2D eigenvalue weighted by atomic mass is 10.1. The molecule has 23 heavy (non-hydrogen) atoms.